The lowest BCUT2D eigenvalue weighted by Gasteiger charge is -2.13. The number of imidazole rings is 1. The molecule has 7 heteroatoms. The van der Waals surface area contributed by atoms with Crippen LogP contribution in [0, 0.1) is 13.8 Å². The van der Waals surface area contributed by atoms with Crippen LogP contribution in [0.4, 0.5) is 0 Å². The summed E-state index contributed by atoms with van der Waals surface area (Å²) in [7, 11) is -3.56. The summed E-state index contributed by atoms with van der Waals surface area (Å²) in [5.41, 5.74) is 3.73. The largest absolute Gasteiger partial charge is 0.346 e. The summed E-state index contributed by atoms with van der Waals surface area (Å²) in [5, 5.41) is -0.0790. The maximum atomic E-state index is 13.0. The van der Waals surface area contributed by atoms with Crippen molar-refractivity contribution in [3.63, 3.8) is 0 Å². The molecule has 0 aliphatic heterocycles. The molecule has 0 radical (unpaired) electrons. The van der Waals surface area contributed by atoms with Gasteiger partial charge in [-0.15, -0.1) is 0 Å². The number of aromatic nitrogens is 3. The van der Waals surface area contributed by atoms with Crippen LogP contribution in [0.3, 0.4) is 0 Å². The van der Waals surface area contributed by atoms with Crippen molar-refractivity contribution >= 4 is 26.7 Å². The van der Waals surface area contributed by atoms with Gasteiger partial charge in [-0.05, 0) is 45.9 Å². The van der Waals surface area contributed by atoms with Gasteiger partial charge >= 0.3 is 0 Å². The van der Waals surface area contributed by atoms with Gasteiger partial charge in [0.15, 0.2) is 5.78 Å². The summed E-state index contributed by atoms with van der Waals surface area (Å²) in [5.74, 6) is -0.127. The zero-order valence-corrected chi connectivity index (χ0v) is 16.5. The number of aryl methyl sites for hydroxylation is 1. The number of sulfone groups is 1. The first-order chi connectivity index (χ1) is 12.1. The van der Waals surface area contributed by atoms with Gasteiger partial charge in [0.05, 0.1) is 17.6 Å². The van der Waals surface area contributed by atoms with Gasteiger partial charge in [-0.25, -0.2) is 13.4 Å². The van der Waals surface area contributed by atoms with Crippen molar-refractivity contribution < 1.29 is 13.2 Å². The maximum Gasteiger partial charge on any atom is 0.228 e. The molecule has 2 heterocycles. The molecule has 0 fully saturated rings. The van der Waals surface area contributed by atoms with Gasteiger partial charge in [0, 0.05) is 29.2 Å². The topological polar surface area (TPSA) is 74.0 Å². The lowest BCUT2D eigenvalue weighted by molar-refractivity contribution is 0.0969. The molecule has 0 aliphatic rings. The van der Waals surface area contributed by atoms with Crippen LogP contribution in [0.5, 0.6) is 0 Å². The molecule has 1 aromatic carbocycles. The average Bonchev–Trinajstić information content (AvgIpc) is 3.05. The van der Waals surface area contributed by atoms with Crippen LogP contribution in [0.25, 0.3) is 11.0 Å². The van der Waals surface area contributed by atoms with Crippen LogP contribution in [-0.4, -0.2) is 34.6 Å². The molecular formula is C19H23N3O3S. The third-order valence-electron chi connectivity index (χ3n) is 4.55. The molecule has 0 saturated heterocycles. The van der Waals surface area contributed by atoms with E-state index in [1.165, 1.54) is 4.57 Å². The number of para-hydroxylation sites is 2. The van der Waals surface area contributed by atoms with Crippen LogP contribution in [0.2, 0.25) is 0 Å². The van der Waals surface area contributed by atoms with Crippen molar-refractivity contribution in [1.82, 2.24) is 14.1 Å². The molecule has 0 saturated carbocycles. The van der Waals surface area contributed by atoms with Crippen LogP contribution >= 0.6 is 0 Å². The van der Waals surface area contributed by atoms with Crippen LogP contribution in [0.15, 0.2) is 35.5 Å². The van der Waals surface area contributed by atoms with Crippen molar-refractivity contribution in [2.45, 2.75) is 45.4 Å². The quantitative estimate of drug-likeness (QED) is 0.643. The summed E-state index contributed by atoms with van der Waals surface area (Å²) in [4.78, 5) is 17.2. The molecule has 0 amide bonds. The molecule has 0 atom stereocenters. The third-order valence-corrected chi connectivity index (χ3v) is 5.53. The summed E-state index contributed by atoms with van der Waals surface area (Å²) in [6.07, 6.45) is 1.11. The minimum atomic E-state index is -3.56. The first-order valence-corrected chi connectivity index (χ1v) is 10.4. The number of hydrogen-bond donors (Lipinski definition) is 0. The molecule has 26 heavy (non-hydrogen) atoms. The first kappa shape index (κ1) is 18.4. The number of Topliss-reactive ketones (excluding diaryl/α,β-unsaturated/α-hetero) is 1. The lowest BCUT2D eigenvalue weighted by atomic mass is 10.1. The number of ketones is 1. The van der Waals surface area contributed by atoms with Crippen molar-refractivity contribution in [2.75, 3.05) is 6.26 Å². The smallest absolute Gasteiger partial charge is 0.228 e. The molecule has 0 spiro atoms. The fraction of sp³-hybridized carbons (Fsp3) is 0.368. The molecule has 2 aromatic heterocycles. The predicted octanol–water partition coefficient (Wildman–Crippen LogP) is 3.32. The van der Waals surface area contributed by atoms with Crippen molar-refractivity contribution in [1.29, 1.82) is 0 Å². The monoisotopic (exact) mass is 373 g/mol. The Labute approximate surface area is 153 Å². The number of rotatable bonds is 5. The Morgan fingerprint density at radius 1 is 1.19 bits per heavy atom. The maximum absolute atomic E-state index is 13.0. The Morgan fingerprint density at radius 3 is 2.42 bits per heavy atom. The van der Waals surface area contributed by atoms with Crippen LogP contribution in [-0.2, 0) is 16.4 Å². The molecule has 0 N–H and O–H groups in total. The number of benzene rings is 1. The average molecular weight is 373 g/mol. The number of carbonyl (C=O) groups excluding carboxylic acids is 1. The molecule has 3 rings (SSSR count). The molecule has 138 valence electrons. The SMILES string of the molecule is Cc1cc(C(=O)Cn2c(S(C)(=O)=O)nc3ccccc32)c(C)n1C(C)C. The second-order valence-electron chi connectivity index (χ2n) is 6.91. The van der Waals surface area contributed by atoms with E-state index >= 15 is 0 Å². The Morgan fingerprint density at radius 2 is 1.85 bits per heavy atom. The highest BCUT2D eigenvalue weighted by molar-refractivity contribution is 7.90. The highest BCUT2D eigenvalue weighted by Crippen LogP contribution is 2.24. The molecule has 6 nitrogen and oxygen atoms in total. The summed E-state index contributed by atoms with van der Waals surface area (Å²) in [6.45, 7) is 7.96. The van der Waals surface area contributed by atoms with Crippen molar-refractivity contribution in [3.8, 4) is 0 Å². The van der Waals surface area contributed by atoms with Gasteiger partial charge in [-0.2, -0.15) is 0 Å². The number of nitrogens with zero attached hydrogens (tertiary/aromatic N) is 3. The van der Waals surface area contributed by atoms with Crippen LogP contribution < -0.4 is 0 Å². The fourth-order valence-electron chi connectivity index (χ4n) is 3.57. The fourth-order valence-corrected chi connectivity index (χ4v) is 4.40. The molecule has 0 bridgehead atoms. The molecule has 0 aliphatic carbocycles. The third kappa shape index (κ3) is 3.07. The van der Waals surface area contributed by atoms with Gasteiger partial charge < -0.3 is 9.13 Å². The van der Waals surface area contributed by atoms with E-state index in [2.05, 4.69) is 23.4 Å². The second kappa shape index (κ2) is 6.39. The van der Waals surface area contributed by atoms with Gasteiger partial charge in [0.1, 0.15) is 0 Å². The standard InChI is InChI=1S/C19H23N3O3S/c1-12(2)22-13(3)10-15(14(22)4)18(23)11-21-17-9-7-6-8-16(17)20-19(21)26(5,24)25/h6-10,12H,11H2,1-5H3. The van der Waals surface area contributed by atoms with Crippen molar-refractivity contribution in [2.24, 2.45) is 0 Å². The van der Waals surface area contributed by atoms with E-state index in [1.807, 2.05) is 26.0 Å². The van der Waals surface area contributed by atoms with E-state index in [-0.39, 0.29) is 23.5 Å². The van der Waals surface area contributed by atoms with E-state index in [9.17, 15) is 13.2 Å². The Hall–Kier alpha value is -2.41. The zero-order valence-electron chi connectivity index (χ0n) is 15.6. The van der Waals surface area contributed by atoms with Gasteiger partial charge in [0.25, 0.3) is 0 Å². The van der Waals surface area contributed by atoms with Crippen LogP contribution in [0.1, 0.15) is 41.6 Å². The van der Waals surface area contributed by atoms with Gasteiger partial charge in [0.2, 0.25) is 15.0 Å². The van der Waals surface area contributed by atoms with E-state index < -0.39 is 9.84 Å². The number of hydrogen-bond acceptors (Lipinski definition) is 4. The number of carbonyl (C=O) groups is 1. The second-order valence-corrected chi connectivity index (χ2v) is 8.82. The number of fused-ring (bicyclic) bond motifs is 1. The highest BCUT2D eigenvalue weighted by atomic mass is 32.2. The van der Waals surface area contributed by atoms with E-state index in [0.717, 1.165) is 17.6 Å². The molecular weight excluding hydrogens is 350 g/mol. The van der Waals surface area contributed by atoms with Gasteiger partial charge in [-0.3, -0.25) is 4.79 Å². The predicted molar refractivity (Wildman–Crippen MR) is 101 cm³/mol. The molecule has 3 aromatic rings. The Balaban J connectivity index is 2.10. The Bertz CT molecular complexity index is 1100. The summed E-state index contributed by atoms with van der Waals surface area (Å²) >= 11 is 0. The summed E-state index contributed by atoms with van der Waals surface area (Å²) < 4.78 is 27.9. The minimum absolute atomic E-state index is 0.0642. The highest BCUT2D eigenvalue weighted by Gasteiger charge is 2.23. The van der Waals surface area contributed by atoms with Gasteiger partial charge in [-0.1, -0.05) is 12.1 Å². The van der Waals surface area contributed by atoms with E-state index in [4.69, 9.17) is 0 Å². The lowest BCUT2D eigenvalue weighted by Crippen LogP contribution is -2.16. The zero-order chi connectivity index (χ0) is 19.2. The summed E-state index contributed by atoms with van der Waals surface area (Å²) in [6, 6.07) is 9.25. The first-order valence-electron chi connectivity index (χ1n) is 8.48. The molecule has 0 unspecified atom stereocenters. The minimum Gasteiger partial charge on any atom is -0.346 e. The van der Waals surface area contributed by atoms with E-state index in [1.54, 1.807) is 18.2 Å². The normalized spacial score (nSPS) is 12.2. The van der Waals surface area contributed by atoms with Crippen molar-refractivity contribution in [3.05, 3.63) is 47.3 Å². The van der Waals surface area contributed by atoms with E-state index in [0.29, 0.717) is 16.6 Å². The Kier molecular flexibility index (Phi) is 4.52.